The van der Waals surface area contributed by atoms with E-state index >= 15 is 0 Å². The number of benzene rings is 1. The molecule has 3 N–H and O–H groups in total. The Bertz CT molecular complexity index is 1420. The number of amides is 1. The molecule has 0 radical (unpaired) electrons. The number of imidazole rings is 1. The lowest BCUT2D eigenvalue weighted by Crippen LogP contribution is -2.42. The number of anilines is 2. The molecular formula is C33H46N8O2. The largest absolute Gasteiger partial charge is 0.427 e. The Balaban J connectivity index is 1.32. The maximum absolute atomic E-state index is 11.9. The van der Waals surface area contributed by atoms with Crippen LogP contribution >= 0.6 is 0 Å². The molecule has 4 fully saturated rings. The normalized spacial score (nSPS) is 27.0. The molecular weight excluding hydrogens is 540 g/mol. The lowest BCUT2D eigenvalue weighted by Gasteiger charge is -2.38. The van der Waals surface area contributed by atoms with Gasteiger partial charge >= 0.3 is 6.09 Å². The van der Waals surface area contributed by atoms with Crippen molar-refractivity contribution in [2.24, 2.45) is 17.8 Å². The van der Waals surface area contributed by atoms with Crippen molar-refractivity contribution < 1.29 is 9.63 Å². The molecule has 2 saturated carbocycles. The van der Waals surface area contributed by atoms with Crippen LogP contribution < -0.4 is 21.0 Å². The van der Waals surface area contributed by atoms with Gasteiger partial charge in [-0.25, -0.2) is 14.8 Å². The average Bonchev–Trinajstić information content (AvgIpc) is 3.58. The highest BCUT2D eigenvalue weighted by Gasteiger charge is 2.34. The van der Waals surface area contributed by atoms with Gasteiger partial charge in [-0.2, -0.15) is 4.98 Å². The standard InChI is InChI=1S/C33H46N8O2/c1-21-14-16-24(17-15-21)20-41-27-28(34-22(2)25-11-8-12-25)35-30(31-38-33(42)43-39-31)36-29(27)37-32(41)40-18-7-6-13-26(40)19-23-9-4-3-5-10-23/h3-5,9-10,21-22,24-26,31,39H,6-8,11-20H2,1-2H3,(H,38,42)(H,34,35,36)/t21?,22-,24?,26?,31?/m1/s1. The van der Waals surface area contributed by atoms with Gasteiger partial charge in [-0.1, -0.05) is 56.5 Å². The van der Waals surface area contributed by atoms with Gasteiger partial charge in [0.1, 0.15) is 5.52 Å². The Morgan fingerprint density at radius 2 is 1.81 bits per heavy atom. The molecule has 10 heteroatoms. The maximum atomic E-state index is 11.9. The first kappa shape index (κ1) is 28.4. The van der Waals surface area contributed by atoms with Gasteiger partial charge < -0.3 is 19.6 Å². The zero-order valence-electron chi connectivity index (χ0n) is 25.6. The molecule has 10 nitrogen and oxygen atoms in total. The quantitative estimate of drug-likeness (QED) is 0.276. The Morgan fingerprint density at radius 3 is 2.53 bits per heavy atom. The monoisotopic (exact) mass is 586 g/mol. The van der Waals surface area contributed by atoms with E-state index in [9.17, 15) is 4.79 Å². The number of hydroxylamine groups is 1. The first-order valence-electron chi connectivity index (χ1n) is 16.6. The maximum Gasteiger partial charge on any atom is 0.427 e. The molecule has 230 valence electrons. The Morgan fingerprint density at radius 1 is 1.00 bits per heavy atom. The summed E-state index contributed by atoms with van der Waals surface area (Å²) in [6.45, 7) is 6.55. The van der Waals surface area contributed by atoms with Gasteiger partial charge in [0.15, 0.2) is 23.5 Å². The van der Waals surface area contributed by atoms with Gasteiger partial charge in [-0.05, 0) is 81.6 Å². The highest BCUT2D eigenvalue weighted by Crippen LogP contribution is 2.38. The third kappa shape index (κ3) is 6.03. The van der Waals surface area contributed by atoms with Gasteiger partial charge in [0.05, 0.1) is 0 Å². The third-order valence-electron chi connectivity index (χ3n) is 10.4. The zero-order chi connectivity index (χ0) is 29.3. The van der Waals surface area contributed by atoms with Crippen LogP contribution in [0, 0.1) is 17.8 Å². The van der Waals surface area contributed by atoms with Crippen LogP contribution in [0.15, 0.2) is 30.3 Å². The fraction of sp³-hybridized carbons (Fsp3) is 0.636. The van der Waals surface area contributed by atoms with Crippen molar-refractivity contribution >= 4 is 29.0 Å². The highest BCUT2D eigenvalue weighted by molar-refractivity contribution is 5.86. The van der Waals surface area contributed by atoms with E-state index in [0.717, 1.165) is 55.6 Å². The SMILES string of the molecule is CC1CCC(Cn2c(N3CCCCC3Cc3ccccc3)nc3nc(C4NOC(=O)N4)nc(N[C@H](C)C4CCC4)c32)CC1. The second kappa shape index (κ2) is 12.3. The number of rotatable bonds is 9. The smallest absolute Gasteiger partial charge is 0.365 e. The van der Waals surface area contributed by atoms with Crippen LogP contribution in [0.5, 0.6) is 0 Å². The predicted molar refractivity (Wildman–Crippen MR) is 167 cm³/mol. The summed E-state index contributed by atoms with van der Waals surface area (Å²) in [4.78, 5) is 34.8. The highest BCUT2D eigenvalue weighted by atomic mass is 16.7. The van der Waals surface area contributed by atoms with Gasteiger partial charge in [-0.15, -0.1) is 5.48 Å². The van der Waals surface area contributed by atoms with Crippen LogP contribution in [-0.4, -0.2) is 44.2 Å². The minimum absolute atomic E-state index is 0.283. The molecule has 0 bridgehead atoms. The number of fused-ring (bicyclic) bond motifs is 1. The molecule has 1 aromatic carbocycles. The summed E-state index contributed by atoms with van der Waals surface area (Å²) >= 11 is 0. The molecule has 2 aliphatic heterocycles. The molecule has 4 heterocycles. The number of hydrogen-bond donors (Lipinski definition) is 3. The molecule has 2 unspecified atom stereocenters. The minimum Gasteiger partial charge on any atom is -0.365 e. The average molecular weight is 587 g/mol. The van der Waals surface area contributed by atoms with Crippen LogP contribution in [0.3, 0.4) is 0 Å². The van der Waals surface area contributed by atoms with Crippen LogP contribution in [0.1, 0.15) is 95.6 Å². The van der Waals surface area contributed by atoms with E-state index in [1.807, 2.05) is 0 Å². The number of nitrogens with one attached hydrogen (secondary N) is 3. The summed E-state index contributed by atoms with van der Waals surface area (Å²) in [6.07, 6.45) is 12.2. The number of nitrogens with zero attached hydrogens (tertiary/aromatic N) is 5. The lowest BCUT2D eigenvalue weighted by molar-refractivity contribution is 0.120. The van der Waals surface area contributed by atoms with Crippen LogP contribution in [0.2, 0.25) is 0 Å². The van der Waals surface area contributed by atoms with E-state index < -0.39 is 12.3 Å². The van der Waals surface area contributed by atoms with Crippen molar-refractivity contribution in [3.05, 3.63) is 41.7 Å². The third-order valence-corrected chi connectivity index (χ3v) is 10.4. The minimum atomic E-state index is -0.620. The molecule has 0 spiro atoms. The Hall–Kier alpha value is -3.40. The molecule has 3 aromatic rings. The van der Waals surface area contributed by atoms with E-state index in [4.69, 9.17) is 19.8 Å². The predicted octanol–water partition coefficient (Wildman–Crippen LogP) is 6.10. The Labute approximate surface area is 254 Å². The molecule has 2 saturated heterocycles. The molecule has 3 atom stereocenters. The summed E-state index contributed by atoms with van der Waals surface area (Å²) < 4.78 is 2.45. The first-order chi connectivity index (χ1) is 21.0. The fourth-order valence-electron chi connectivity index (χ4n) is 7.48. The lowest BCUT2D eigenvalue weighted by atomic mass is 9.80. The summed E-state index contributed by atoms with van der Waals surface area (Å²) in [5, 5.41) is 6.58. The van der Waals surface area contributed by atoms with Crippen LogP contribution in [0.25, 0.3) is 11.2 Å². The van der Waals surface area contributed by atoms with E-state index in [1.165, 1.54) is 56.9 Å². The second-order valence-electron chi connectivity index (χ2n) is 13.5. The zero-order valence-corrected chi connectivity index (χ0v) is 25.6. The van der Waals surface area contributed by atoms with Crippen molar-refractivity contribution in [2.75, 3.05) is 16.8 Å². The first-order valence-corrected chi connectivity index (χ1v) is 16.6. The van der Waals surface area contributed by atoms with Gasteiger partial charge in [0.2, 0.25) is 5.95 Å². The number of carbonyl (C=O) groups excluding carboxylic acids is 1. The number of hydrogen-bond acceptors (Lipinski definition) is 8. The molecule has 7 rings (SSSR count). The van der Waals surface area contributed by atoms with Crippen molar-refractivity contribution in [3.63, 3.8) is 0 Å². The number of aromatic nitrogens is 4. The summed E-state index contributed by atoms with van der Waals surface area (Å²) in [6, 6.07) is 11.5. The number of piperidine rings is 1. The van der Waals surface area contributed by atoms with Gasteiger partial charge in [0, 0.05) is 25.2 Å². The summed E-state index contributed by atoms with van der Waals surface area (Å²) in [7, 11) is 0. The van der Waals surface area contributed by atoms with Crippen molar-refractivity contribution in [1.29, 1.82) is 0 Å². The summed E-state index contributed by atoms with van der Waals surface area (Å²) in [5.74, 6) is 4.32. The van der Waals surface area contributed by atoms with Crippen molar-refractivity contribution in [3.8, 4) is 0 Å². The molecule has 1 amide bonds. The van der Waals surface area contributed by atoms with Crippen molar-refractivity contribution in [2.45, 2.75) is 109 Å². The van der Waals surface area contributed by atoms with Crippen LogP contribution in [-0.2, 0) is 17.8 Å². The molecule has 2 aromatic heterocycles. The molecule has 43 heavy (non-hydrogen) atoms. The van der Waals surface area contributed by atoms with E-state index in [-0.39, 0.29) is 6.04 Å². The number of carbonyl (C=O) groups is 1. The van der Waals surface area contributed by atoms with Gasteiger partial charge in [-0.3, -0.25) is 5.32 Å². The molecule has 2 aliphatic carbocycles. The van der Waals surface area contributed by atoms with Crippen molar-refractivity contribution in [1.82, 2.24) is 30.3 Å². The van der Waals surface area contributed by atoms with E-state index in [2.05, 4.69) is 69.8 Å². The van der Waals surface area contributed by atoms with Crippen LogP contribution in [0.4, 0.5) is 16.6 Å². The Kier molecular flexibility index (Phi) is 8.12. The second-order valence-corrected chi connectivity index (χ2v) is 13.5. The van der Waals surface area contributed by atoms with Gasteiger partial charge in [0.25, 0.3) is 0 Å². The van der Waals surface area contributed by atoms with E-state index in [1.54, 1.807) is 0 Å². The molecule has 4 aliphatic rings. The fourth-order valence-corrected chi connectivity index (χ4v) is 7.48. The summed E-state index contributed by atoms with van der Waals surface area (Å²) in [5.41, 5.74) is 5.77. The topological polar surface area (TPSA) is 109 Å². The van der Waals surface area contributed by atoms with E-state index in [0.29, 0.717) is 29.3 Å².